The molecule has 0 aliphatic heterocycles. The summed E-state index contributed by atoms with van der Waals surface area (Å²) in [5.41, 5.74) is 0.654. The number of aliphatic hydroxyl groups excluding tert-OH is 1. The molecule has 0 aliphatic rings. The number of hydrogen-bond acceptors (Lipinski definition) is 6. The summed E-state index contributed by atoms with van der Waals surface area (Å²) in [5, 5.41) is 16.4. The van der Waals surface area contributed by atoms with E-state index in [4.69, 9.17) is 10.2 Å². The Bertz CT molecular complexity index is 1160. The van der Waals surface area contributed by atoms with Gasteiger partial charge in [-0.2, -0.15) is 43.9 Å². The molecule has 0 aromatic heterocycles. The molecule has 2 aromatic rings. The number of carbonyl (C=O) groups excluding carboxylic acids is 3. The number of benzene rings is 2. The van der Waals surface area contributed by atoms with E-state index in [9.17, 15) is 63.1 Å². The van der Waals surface area contributed by atoms with Gasteiger partial charge in [0.25, 0.3) is 0 Å². The molecule has 0 heterocycles. The normalized spacial score (nSPS) is 13.3. The summed E-state index contributed by atoms with van der Waals surface area (Å²) in [6.45, 7) is 0.832. The molecule has 2 rings (SSSR count). The molecule has 7 nitrogen and oxygen atoms in total. The molecule has 17 heteroatoms. The van der Waals surface area contributed by atoms with Crippen LogP contribution in [-0.2, 0) is 4.74 Å². The number of esters is 1. The molecule has 0 unspecified atom stereocenters. The van der Waals surface area contributed by atoms with Crippen molar-refractivity contribution in [3.8, 4) is 0 Å². The summed E-state index contributed by atoms with van der Waals surface area (Å²) < 4.78 is 123. The lowest BCUT2D eigenvalue weighted by Gasteiger charge is -2.25. The van der Waals surface area contributed by atoms with Crippen LogP contribution in [0.25, 0.3) is 0 Å². The number of halogens is 10. The van der Waals surface area contributed by atoms with Crippen LogP contribution in [-0.4, -0.2) is 71.1 Å². The zero-order chi connectivity index (χ0) is 32.4. The number of hydrogen-bond donors (Lipinski definition) is 2. The summed E-state index contributed by atoms with van der Waals surface area (Å²) in [6, 6.07) is 10.3. The number of alkyl halides is 10. The molecule has 0 aliphatic carbocycles. The second kappa shape index (κ2) is 14.6. The number of aromatic carboxylic acids is 1. The summed E-state index contributed by atoms with van der Waals surface area (Å²) >= 11 is 0. The van der Waals surface area contributed by atoms with Crippen LogP contribution in [0.5, 0.6) is 0 Å². The van der Waals surface area contributed by atoms with Crippen LogP contribution in [0.2, 0.25) is 0 Å². The third kappa shape index (κ3) is 10.8. The maximum absolute atomic E-state index is 12.9. The second-order valence-corrected chi connectivity index (χ2v) is 7.75. The van der Waals surface area contributed by atoms with Crippen molar-refractivity contribution in [2.45, 2.75) is 50.3 Å². The minimum Gasteiger partial charge on any atom is -0.478 e. The molecule has 2 atom stereocenters. The molecule has 0 amide bonds. The minimum absolute atomic E-state index is 0.190. The van der Waals surface area contributed by atoms with Gasteiger partial charge in [-0.25, -0.2) is 9.59 Å². The van der Waals surface area contributed by atoms with Gasteiger partial charge in [-0.05, 0) is 38.1 Å². The monoisotopic (exact) mass is 610 g/mol. The molecular formula is C24H20F10O7. The fourth-order valence-corrected chi connectivity index (χ4v) is 2.17. The first kappa shape index (κ1) is 37.0. The highest BCUT2D eigenvalue weighted by Crippen LogP contribution is 2.39. The van der Waals surface area contributed by atoms with Crippen molar-refractivity contribution in [1.29, 1.82) is 0 Å². The Balaban J connectivity index is 0.000000644. The first-order valence-corrected chi connectivity index (χ1v) is 10.6. The summed E-state index contributed by atoms with van der Waals surface area (Å²) in [5.74, 6) is -12.5. The molecule has 0 saturated heterocycles. The van der Waals surface area contributed by atoms with Crippen molar-refractivity contribution in [1.82, 2.24) is 0 Å². The zero-order valence-corrected chi connectivity index (χ0v) is 20.6. The van der Waals surface area contributed by atoms with Crippen molar-refractivity contribution in [3.63, 3.8) is 0 Å². The number of carboxylic acid groups (broad SMARTS) is 1. The van der Waals surface area contributed by atoms with Gasteiger partial charge >= 0.3 is 36.1 Å². The van der Waals surface area contributed by atoms with Crippen molar-refractivity contribution < 1.29 is 78.0 Å². The van der Waals surface area contributed by atoms with Crippen LogP contribution in [0.1, 0.15) is 55.3 Å². The van der Waals surface area contributed by atoms with Crippen LogP contribution in [0.3, 0.4) is 0 Å². The Morgan fingerprint density at radius 2 is 1.02 bits per heavy atom. The Kier molecular flexibility index (Phi) is 13.1. The predicted molar refractivity (Wildman–Crippen MR) is 119 cm³/mol. The number of rotatable bonds is 7. The number of aliphatic hydroxyl groups is 1. The molecule has 228 valence electrons. The van der Waals surface area contributed by atoms with E-state index in [0.717, 1.165) is 12.1 Å². The van der Waals surface area contributed by atoms with Gasteiger partial charge in [0, 0.05) is 11.1 Å². The number of ether oxygens (including phenoxy) is 1. The molecular weight excluding hydrogens is 590 g/mol. The highest BCUT2D eigenvalue weighted by Gasteiger charge is 2.63. The Morgan fingerprint density at radius 3 is 1.27 bits per heavy atom. The fourth-order valence-electron chi connectivity index (χ4n) is 2.17. The lowest BCUT2D eigenvalue weighted by atomic mass is 10.1. The van der Waals surface area contributed by atoms with Gasteiger partial charge in [0.2, 0.25) is 0 Å². The molecule has 41 heavy (non-hydrogen) atoms. The first-order valence-electron chi connectivity index (χ1n) is 10.6. The lowest BCUT2D eigenvalue weighted by Crippen LogP contribution is -2.47. The third-order valence-electron chi connectivity index (χ3n) is 4.65. The maximum atomic E-state index is 12.9. The quantitative estimate of drug-likeness (QED) is 0.224. The van der Waals surface area contributed by atoms with Crippen molar-refractivity contribution >= 4 is 24.5 Å². The Morgan fingerprint density at radius 1 is 0.683 bits per heavy atom. The largest absolute Gasteiger partial charge is 0.478 e. The molecule has 0 saturated carbocycles. The van der Waals surface area contributed by atoms with Gasteiger partial charge in [-0.1, -0.05) is 24.3 Å². The van der Waals surface area contributed by atoms with E-state index >= 15 is 0 Å². The highest BCUT2D eigenvalue weighted by molar-refractivity contribution is 5.90. The summed E-state index contributed by atoms with van der Waals surface area (Å²) in [4.78, 5) is 42.2. The van der Waals surface area contributed by atoms with Gasteiger partial charge in [0.1, 0.15) is 18.7 Å². The zero-order valence-electron chi connectivity index (χ0n) is 20.6. The van der Waals surface area contributed by atoms with E-state index in [2.05, 4.69) is 4.74 Å². The molecule has 2 aromatic carbocycles. The van der Waals surface area contributed by atoms with Gasteiger partial charge in [-0.3, -0.25) is 9.59 Å². The van der Waals surface area contributed by atoms with Gasteiger partial charge in [0.05, 0.1) is 11.1 Å². The Hall–Kier alpha value is -4.02. The molecule has 0 fully saturated rings. The third-order valence-corrected chi connectivity index (χ3v) is 4.65. The number of aldehydes is 2. The molecule has 0 radical (unpaired) electrons. The highest BCUT2D eigenvalue weighted by atomic mass is 19.4. The van der Waals surface area contributed by atoms with E-state index in [0.29, 0.717) is 32.0 Å². The van der Waals surface area contributed by atoms with Crippen LogP contribution in [0.15, 0.2) is 48.5 Å². The maximum Gasteiger partial charge on any atom is 0.457 e. The first-order chi connectivity index (χ1) is 18.5. The fraction of sp³-hybridized carbons (Fsp3) is 0.333. The van der Waals surface area contributed by atoms with Crippen LogP contribution < -0.4 is 0 Å². The summed E-state index contributed by atoms with van der Waals surface area (Å²) in [7, 11) is 0. The van der Waals surface area contributed by atoms with Gasteiger partial charge in [0.15, 0.2) is 6.10 Å². The van der Waals surface area contributed by atoms with Gasteiger partial charge in [-0.15, -0.1) is 0 Å². The molecule has 0 spiro atoms. The van der Waals surface area contributed by atoms with Crippen LogP contribution >= 0.6 is 0 Å². The minimum atomic E-state index is -5.81. The topological polar surface area (TPSA) is 118 Å². The van der Waals surface area contributed by atoms with E-state index in [1.54, 1.807) is 0 Å². The average Bonchev–Trinajstić information content (AvgIpc) is 2.88. The van der Waals surface area contributed by atoms with E-state index in [-0.39, 0.29) is 16.7 Å². The lowest BCUT2D eigenvalue weighted by molar-refractivity contribution is -0.310. The number of carbonyl (C=O) groups is 4. The Labute approximate surface area is 224 Å². The standard InChI is InChI=1S/C12H9F5O3.C8H6O3.C4H5F5O/c1-7(11(13,14)12(15,16)17)20-10(19)9-4-2-8(6-18)3-5-9;9-5-6-1-3-7(4-2-6)8(10)11;1-2(10)3(5,6)4(7,8)9/h2-7H,1H3;1-5H,(H,10,11);2,10H,1H3/t7-;;2-/m0.0/s1. The molecule has 2 N–H and O–H groups in total. The average molecular weight is 610 g/mol. The van der Waals surface area contributed by atoms with Gasteiger partial charge < -0.3 is 14.9 Å². The molecule has 0 bridgehead atoms. The SMILES string of the molecule is C[C@H](O)C(F)(F)C(F)(F)F.C[C@H](OC(=O)c1ccc(C=O)cc1)C(F)(F)C(F)(F)F.O=Cc1ccc(C(=O)O)cc1. The van der Waals surface area contributed by atoms with Crippen LogP contribution in [0, 0.1) is 0 Å². The predicted octanol–water partition coefficient (Wildman–Crippen LogP) is 6.00. The van der Waals surface area contributed by atoms with E-state index < -0.39 is 48.3 Å². The second-order valence-electron chi connectivity index (χ2n) is 7.75. The van der Waals surface area contributed by atoms with Crippen molar-refractivity contribution in [2.75, 3.05) is 0 Å². The van der Waals surface area contributed by atoms with Crippen LogP contribution in [0.4, 0.5) is 43.9 Å². The number of carboxylic acids is 1. The van der Waals surface area contributed by atoms with E-state index in [1.165, 1.54) is 36.4 Å². The van der Waals surface area contributed by atoms with Crippen molar-refractivity contribution in [3.05, 3.63) is 70.8 Å². The van der Waals surface area contributed by atoms with E-state index in [1.807, 2.05) is 0 Å². The van der Waals surface area contributed by atoms with Crippen molar-refractivity contribution in [2.24, 2.45) is 0 Å². The summed E-state index contributed by atoms with van der Waals surface area (Å²) in [6.07, 6.45) is -15.7. The smallest absolute Gasteiger partial charge is 0.457 e.